The van der Waals surface area contributed by atoms with Gasteiger partial charge in [-0.05, 0) is 12.3 Å². The number of nitrogens with zero attached hydrogens (tertiary/aromatic N) is 1. The fourth-order valence-corrected chi connectivity index (χ4v) is 1.76. The third kappa shape index (κ3) is 1.47. The second-order valence-electron chi connectivity index (χ2n) is 3.85. The van der Waals surface area contributed by atoms with Crippen LogP contribution in [0.3, 0.4) is 0 Å². The van der Waals surface area contributed by atoms with Crippen LogP contribution < -0.4 is 5.73 Å². The lowest BCUT2D eigenvalue weighted by Crippen LogP contribution is -2.28. The first-order chi connectivity index (χ1) is 6.68. The molecule has 1 saturated heterocycles. The summed E-state index contributed by atoms with van der Waals surface area (Å²) in [6, 6.07) is 1.60. The van der Waals surface area contributed by atoms with Crippen LogP contribution in [0.2, 0.25) is 0 Å². The SMILES string of the molecule is CC1CCN(C(=O)c2occc2N)C1. The van der Waals surface area contributed by atoms with Crippen LogP contribution in [-0.2, 0) is 0 Å². The van der Waals surface area contributed by atoms with Gasteiger partial charge in [-0.15, -0.1) is 0 Å². The Bertz CT molecular complexity index is 346. The highest BCUT2D eigenvalue weighted by Gasteiger charge is 2.26. The Labute approximate surface area is 82.7 Å². The third-order valence-corrected chi connectivity index (χ3v) is 2.60. The molecule has 1 aliphatic rings. The Morgan fingerprint density at radius 3 is 3.00 bits per heavy atom. The number of anilines is 1. The Kier molecular flexibility index (Phi) is 2.19. The van der Waals surface area contributed by atoms with E-state index in [9.17, 15) is 4.79 Å². The van der Waals surface area contributed by atoms with Gasteiger partial charge in [0.2, 0.25) is 5.76 Å². The minimum atomic E-state index is -0.0862. The van der Waals surface area contributed by atoms with Crippen molar-refractivity contribution in [2.75, 3.05) is 18.8 Å². The average molecular weight is 194 g/mol. The van der Waals surface area contributed by atoms with Crippen LogP contribution in [0.25, 0.3) is 0 Å². The topological polar surface area (TPSA) is 59.5 Å². The van der Waals surface area contributed by atoms with E-state index in [1.54, 1.807) is 11.0 Å². The molecule has 1 aromatic rings. The summed E-state index contributed by atoms with van der Waals surface area (Å²) in [6.07, 6.45) is 2.51. The van der Waals surface area contributed by atoms with E-state index in [4.69, 9.17) is 10.2 Å². The van der Waals surface area contributed by atoms with E-state index >= 15 is 0 Å². The van der Waals surface area contributed by atoms with Gasteiger partial charge in [0.1, 0.15) is 0 Å². The van der Waals surface area contributed by atoms with Crippen LogP contribution in [0.15, 0.2) is 16.7 Å². The maximum absolute atomic E-state index is 11.8. The van der Waals surface area contributed by atoms with Crippen molar-refractivity contribution in [3.8, 4) is 0 Å². The summed E-state index contributed by atoms with van der Waals surface area (Å²) >= 11 is 0. The Morgan fingerprint density at radius 2 is 2.50 bits per heavy atom. The zero-order chi connectivity index (χ0) is 10.1. The summed E-state index contributed by atoms with van der Waals surface area (Å²) in [7, 11) is 0. The van der Waals surface area contributed by atoms with Gasteiger partial charge in [-0.2, -0.15) is 0 Å². The smallest absolute Gasteiger partial charge is 0.291 e. The first kappa shape index (κ1) is 9.12. The minimum Gasteiger partial charge on any atom is -0.457 e. The van der Waals surface area contributed by atoms with Gasteiger partial charge in [0, 0.05) is 19.2 Å². The molecule has 1 atom stereocenters. The normalized spacial score (nSPS) is 21.5. The lowest BCUT2D eigenvalue weighted by atomic mass is 10.2. The molecule has 4 nitrogen and oxygen atoms in total. The van der Waals surface area contributed by atoms with Gasteiger partial charge in [-0.3, -0.25) is 4.79 Å². The van der Waals surface area contributed by atoms with Gasteiger partial charge in [0.25, 0.3) is 5.91 Å². The molecule has 4 heteroatoms. The summed E-state index contributed by atoms with van der Waals surface area (Å²) in [5, 5.41) is 0. The van der Waals surface area contributed by atoms with Crippen LogP contribution in [0.4, 0.5) is 5.69 Å². The molecular formula is C10H14N2O2. The minimum absolute atomic E-state index is 0.0862. The summed E-state index contributed by atoms with van der Waals surface area (Å²) in [5.74, 6) is 0.770. The van der Waals surface area contributed by atoms with E-state index in [0.29, 0.717) is 11.6 Å². The fraction of sp³-hybridized carbons (Fsp3) is 0.500. The second kappa shape index (κ2) is 3.36. The van der Waals surface area contributed by atoms with Crippen molar-refractivity contribution >= 4 is 11.6 Å². The number of hydrogen-bond acceptors (Lipinski definition) is 3. The summed E-state index contributed by atoms with van der Waals surface area (Å²) in [4.78, 5) is 13.6. The van der Waals surface area contributed by atoms with Crippen LogP contribution in [0, 0.1) is 5.92 Å². The molecule has 2 rings (SSSR count). The van der Waals surface area contributed by atoms with Crippen molar-refractivity contribution in [3.05, 3.63) is 18.1 Å². The van der Waals surface area contributed by atoms with E-state index in [1.807, 2.05) is 0 Å². The lowest BCUT2D eigenvalue weighted by Gasteiger charge is -2.14. The molecule has 1 unspecified atom stereocenters. The third-order valence-electron chi connectivity index (χ3n) is 2.60. The van der Waals surface area contributed by atoms with Gasteiger partial charge in [0.15, 0.2) is 0 Å². The first-order valence-electron chi connectivity index (χ1n) is 4.80. The summed E-state index contributed by atoms with van der Waals surface area (Å²) < 4.78 is 5.06. The van der Waals surface area contributed by atoms with Crippen LogP contribution >= 0.6 is 0 Å². The molecule has 14 heavy (non-hydrogen) atoms. The van der Waals surface area contributed by atoms with Gasteiger partial charge < -0.3 is 15.1 Å². The van der Waals surface area contributed by atoms with Gasteiger partial charge in [0.05, 0.1) is 12.0 Å². The van der Waals surface area contributed by atoms with Crippen LogP contribution in [-0.4, -0.2) is 23.9 Å². The van der Waals surface area contributed by atoms with Crippen molar-refractivity contribution in [1.82, 2.24) is 4.90 Å². The number of amides is 1. The standard InChI is InChI=1S/C10H14N2O2/c1-7-2-4-12(6-7)10(13)9-8(11)3-5-14-9/h3,5,7H,2,4,6,11H2,1H3. The number of rotatable bonds is 1. The van der Waals surface area contributed by atoms with Crippen molar-refractivity contribution in [2.24, 2.45) is 5.92 Å². The Morgan fingerprint density at radius 1 is 1.71 bits per heavy atom. The number of hydrogen-bond donors (Lipinski definition) is 1. The van der Waals surface area contributed by atoms with Crippen molar-refractivity contribution in [2.45, 2.75) is 13.3 Å². The van der Waals surface area contributed by atoms with E-state index in [0.717, 1.165) is 19.5 Å². The molecule has 1 aromatic heterocycles. The highest BCUT2D eigenvalue weighted by Crippen LogP contribution is 2.21. The highest BCUT2D eigenvalue weighted by atomic mass is 16.3. The maximum atomic E-state index is 11.8. The van der Waals surface area contributed by atoms with Crippen molar-refractivity contribution < 1.29 is 9.21 Å². The molecular weight excluding hydrogens is 180 g/mol. The number of nitrogen functional groups attached to an aromatic ring is 1. The molecule has 2 N–H and O–H groups in total. The van der Waals surface area contributed by atoms with Gasteiger partial charge in [-0.1, -0.05) is 6.92 Å². The molecule has 2 heterocycles. The number of nitrogens with two attached hydrogens (primary N) is 1. The number of carbonyl (C=O) groups is 1. The van der Waals surface area contributed by atoms with E-state index < -0.39 is 0 Å². The van der Waals surface area contributed by atoms with E-state index in [-0.39, 0.29) is 11.7 Å². The molecule has 0 saturated carbocycles. The van der Waals surface area contributed by atoms with Gasteiger partial charge in [-0.25, -0.2) is 0 Å². The molecule has 1 aliphatic heterocycles. The molecule has 76 valence electrons. The van der Waals surface area contributed by atoms with Gasteiger partial charge >= 0.3 is 0 Å². The molecule has 1 amide bonds. The fourth-order valence-electron chi connectivity index (χ4n) is 1.76. The highest BCUT2D eigenvalue weighted by molar-refractivity contribution is 5.96. The quantitative estimate of drug-likeness (QED) is 0.734. The van der Waals surface area contributed by atoms with Crippen molar-refractivity contribution in [1.29, 1.82) is 0 Å². The van der Waals surface area contributed by atoms with E-state index in [2.05, 4.69) is 6.92 Å². The zero-order valence-corrected chi connectivity index (χ0v) is 8.19. The molecule has 0 radical (unpaired) electrons. The maximum Gasteiger partial charge on any atom is 0.291 e. The number of likely N-dealkylation sites (tertiary alicyclic amines) is 1. The Hall–Kier alpha value is -1.45. The summed E-state index contributed by atoms with van der Waals surface area (Å²) in [6.45, 7) is 3.75. The van der Waals surface area contributed by atoms with Crippen molar-refractivity contribution in [3.63, 3.8) is 0 Å². The molecule has 0 aliphatic carbocycles. The predicted molar refractivity (Wildman–Crippen MR) is 52.8 cm³/mol. The molecule has 0 aromatic carbocycles. The molecule has 1 fully saturated rings. The first-order valence-corrected chi connectivity index (χ1v) is 4.80. The largest absolute Gasteiger partial charge is 0.457 e. The number of carbonyl (C=O) groups excluding carboxylic acids is 1. The van der Waals surface area contributed by atoms with Crippen LogP contribution in [0.5, 0.6) is 0 Å². The summed E-state index contributed by atoms with van der Waals surface area (Å²) in [5.41, 5.74) is 6.03. The van der Waals surface area contributed by atoms with E-state index in [1.165, 1.54) is 6.26 Å². The second-order valence-corrected chi connectivity index (χ2v) is 3.85. The number of furan rings is 1. The predicted octanol–water partition coefficient (Wildman–Crippen LogP) is 1.34. The van der Waals surface area contributed by atoms with Crippen LogP contribution in [0.1, 0.15) is 23.9 Å². The average Bonchev–Trinajstić information content (AvgIpc) is 2.73. The molecule has 0 spiro atoms. The monoisotopic (exact) mass is 194 g/mol. The Balaban J connectivity index is 2.13. The zero-order valence-electron chi connectivity index (χ0n) is 8.19. The lowest BCUT2D eigenvalue weighted by molar-refractivity contribution is 0.0758. The molecule has 0 bridgehead atoms.